The standard InChI is InChI=1S/C14H22ClNO/c1-10(16-4)9-14(2,3)12-8-11(15)6-7-13(12)17-5/h6-8,10,16H,9H2,1-5H3. The molecule has 0 saturated heterocycles. The number of halogens is 1. The molecule has 1 aromatic carbocycles. The van der Waals surface area contributed by atoms with Crippen LogP contribution in [-0.2, 0) is 5.41 Å². The van der Waals surface area contributed by atoms with Crippen molar-refractivity contribution in [2.75, 3.05) is 14.2 Å². The molecule has 0 saturated carbocycles. The SMILES string of the molecule is CNC(C)CC(C)(C)c1cc(Cl)ccc1OC. The first-order chi connectivity index (χ1) is 7.90. The van der Waals surface area contributed by atoms with Crippen LogP contribution in [0.15, 0.2) is 18.2 Å². The third-order valence-electron chi connectivity index (χ3n) is 3.20. The van der Waals surface area contributed by atoms with Crippen molar-refractivity contribution in [1.29, 1.82) is 0 Å². The number of hydrogen-bond donors (Lipinski definition) is 1. The zero-order valence-corrected chi connectivity index (χ0v) is 12.1. The lowest BCUT2D eigenvalue weighted by Gasteiger charge is -2.30. The van der Waals surface area contributed by atoms with Gasteiger partial charge in [-0.1, -0.05) is 25.4 Å². The van der Waals surface area contributed by atoms with Crippen LogP contribution in [0.2, 0.25) is 5.02 Å². The van der Waals surface area contributed by atoms with Crippen LogP contribution in [0.3, 0.4) is 0 Å². The van der Waals surface area contributed by atoms with Crippen molar-refractivity contribution in [3.05, 3.63) is 28.8 Å². The quantitative estimate of drug-likeness (QED) is 0.868. The zero-order valence-electron chi connectivity index (χ0n) is 11.3. The van der Waals surface area contributed by atoms with E-state index in [4.69, 9.17) is 16.3 Å². The maximum atomic E-state index is 6.08. The molecule has 0 radical (unpaired) electrons. The van der Waals surface area contributed by atoms with Crippen molar-refractivity contribution in [2.24, 2.45) is 0 Å². The highest BCUT2D eigenvalue weighted by atomic mass is 35.5. The topological polar surface area (TPSA) is 21.3 Å². The number of nitrogens with one attached hydrogen (secondary N) is 1. The largest absolute Gasteiger partial charge is 0.496 e. The van der Waals surface area contributed by atoms with Crippen molar-refractivity contribution in [3.63, 3.8) is 0 Å². The second kappa shape index (κ2) is 5.74. The van der Waals surface area contributed by atoms with Gasteiger partial charge in [-0.05, 0) is 44.0 Å². The number of rotatable bonds is 5. The lowest BCUT2D eigenvalue weighted by atomic mass is 9.79. The molecule has 1 unspecified atom stereocenters. The lowest BCUT2D eigenvalue weighted by molar-refractivity contribution is 0.365. The summed E-state index contributed by atoms with van der Waals surface area (Å²) < 4.78 is 5.42. The maximum Gasteiger partial charge on any atom is 0.122 e. The fraction of sp³-hybridized carbons (Fsp3) is 0.571. The summed E-state index contributed by atoms with van der Waals surface area (Å²) in [4.78, 5) is 0. The molecule has 1 aromatic rings. The number of ether oxygens (including phenoxy) is 1. The van der Waals surface area contributed by atoms with Crippen LogP contribution >= 0.6 is 11.6 Å². The van der Waals surface area contributed by atoms with Gasteiger partial charge in [0.05, 0.1) is 7.11 Å². The van der Waals surface area contributed by atoms with Gasteiger partial charge in [0.2, 0.25) is 0 Å². The van der Waals surface area contributed by atoms with Crippen LogP contribution in [0, 0.1) is 0 Å². The highest BCUT2D eigenvalue weighted by Crippen LogP contribution is 2.36. The van der Waals surface area contributed by atoms with Crippen molar-refractivity contribution < 1.29 is 4.74 Å². The molecule has 1 atom stereocenters. The molecule has 0 aliphatic heterocycles. The summed E-state index contributed by atoms with van der Waals surface area (Å²) in [6.45, 7) is 6.61. The van der Waals surface area contributed by atoms with E-state index in [1.807, 2.05) is 25.2 Å². The molecular formula is C14H22ClNO. The molecule has 0 aromatic heterocycles. The van der Waals surface area contributed by atoms with E-state index < -0.39 is 0 Å². The van der Waals surface area contributed by atoms with Gasteiger partial charge < -0.3 is 10.1 Å². The van der Waals surface area contributed by atoms with E-state index >= 15 is 0 Å². The van der Waals surface area contributed by atoms with Crippen molar-refractivity contribution in [3.8, 4) is 5.75 Å². The van der Waals surface area contributed by atoms with Crippen LogP contribution in [-0.4, -0.2) is 20.2 Å². The normalized spacial score (nSPS) is 13.5. The van der Waals surface area contributed by atoms with Gasteiger partial charge in [0.1, 0.15) is 5.75 Å². The molecule has 0 amide bonds. The number of benzene rings is 1. The minimum absolute atomic E-state index is 0.0265. The van der Waals surface area contributed by atoms with Gasteiger partial charge >= 0.3 is 0 Å². The molecule has 1 rings (SSSR count). The lowest BCUT2D eigenvalue weighted by Crippen LogP contribution is -2.31. The van der Waals surface area contributed by atoms with Gasteiger partial charge in [-0.15, -0.1) is 0 Å². The third-order valence-corrected chi connectivity index (χ3v) is 3.44. The Labute approximate surface area is 109 Å². The van der Waals surface area contributed by atoms with E-state index in [0.29, 0.717) is 6.04 Å². The van der Waals surface area contributed by atoms with Gasteiger partial charge in [0.25, 0.3) is 0 Å². The molecule has 0 spiro atoms. The van der Waals surface area contributed by atoms with Crippen LogP contribution in [0.1, 0.15) is 32.8 Å². The highest BCUT2D eigenvalue weighted by molar-refractivity contribution is 6.30. The van der Waals surface area contributed by atoms with Crippen LogP contribution in [0.5, 0.6) is 5.75 Å². The fourth-order valence-electron chi connectivity index (χ4n) is 2.19. The molecule has 0 heterocycles. The van der Waals surface area contributed by atoms with E-state index in [-0.39, 0.29) is 5.41 Å². The Morgan fingerprint density at radius 2 is 2.06 bits per heavy atom. The van der Waals surface area contributed by atoms with Gasteiger partial charge in [-0.3, -0.25) is 0 Å². The van der Waals surface area contributed by atoms with Crippen LogP contribution < -0.4 is 10.1 Å². The molecule has 2 nitrogen and oxygen atoms in total. The van der Waals surface area contributed by atoms with Gasteiger partial charge in [-0.2, -0.15) is 0 Å². The molecule has 0 fully saturated rings. The summed E-state index contributed by atoms with van der Waals surface area (Å²) in [7, 11) is 3.68. The zero-order chi connectivity index (χ0) is 13.1. The molecule has 3 heteroatoms. The molecule has 0 aliphatic rings. The van der Waals surface area contributed by atoms with Crippen molar-refractivity contribution >= 4 is 11.6 Å². The minimum Gasteiger partial charge on any atom is -0.496 e. The Morgan fingerprint density at radius 1 is 1.41 bits per heavy atom. The second-order valence-corrected chi connectivity index (χ2v) is 5.56. The molecule has 0 bridgehead atoms. The van der Waals surface area contributed by atoms with E-state index in [1.54, 1.807) is 7.11 Å². The monoisotopic (exact) mass is 255 g/mol. The Morgan fingerprint density at radius 3 is 2.59 bits per heavy atom. The average Bonchev–Trinajstić information content (AvgIpc) is 2.28. The summed E-state index contributed by atoms with van der Waals surface area (Å²) >= 11 is 6.08. The summed E-state index contributed by atoms with van der Waals surface area (Å²) in [5, 5.41) is 4.02. The molecule has 0 aliphatic carbocycles. The van der Waals surface area contributed by atoms with Crippen molar-refractivity contribution in [2.45, 2.75) is 38.6 Å². The summed E-state index contributed by atoms with van der Waals surface area (Å²) in [5.41, 5.74) is 1.19. The van der Waals surface area contributed by atoms with Crippen molar-refractivity contribution in [1.82, 2.24) is 5.32 Å². The summed E-state index contributed by atoms with van der Waals surface area (Å²) in [6, 6.07) is 6.25. The second-order valence-electron chi connectivity index (χ2n) is 5.12. The van der Waals surface area contributed by atoms with Gasteiger partial charge in [0.15, 0.2) is 0 Å². The Kier molecular flexibility index (Phi) is 4.84. The van der Waals surface area contributed by atoms with Gasteiger partial charge in [0, 0.05) is 16.6 Å². The molecule has 96 valence electrons. The molecule has 1 N–H and O–H groups in total. The van der Waals surface area contributed by atoms with Gasteiger partial charge in [-0.25, -0.2) is 0 Å². The Bertz CT molecular complexity index is 376. The van der Waals surface area contributed by atoms with E-state index in [1.165, 1.54) is 0 Å². The predicted molar refractivity (Wildman–Crippen MR) is 74.2 cm³/mol. The van der Waals surface area contributed by atoms with Crippen LogP contribution in [0.25, 0.3) is 0 Å². The van der Waals surface area contributed by atoms with E-state index in [9.17, 15) is 0 Å². The summed E-state index contributed by atoms with van der Waals surface area (Å²) in [5.74, 6) is 0.905. The average molecular weight is 256 g/mol. The first kappa shape index (κ1) is 14.3. The number of methoxy groups -OCH3 is 1. The minimum atomic E-state index is 0.0265. The smallest absolute Gasteiger partial charge is 0.122 e. The Hall–Kier alpha value is -0.730. The maximum absolute atomic E-state index is 6.08. The Balaban J connectivity index is 3.07. The van der Waals surface area contributed by atoms with E-state index in [2.05, 4.69) is 26.1 Å². The first-order valence-electron chi connectivity index (χ1n) is 5.92. The van der Waals surface area contributed by atoms with Crippen LogP contribution in [0.4, 0.5) is 0 Å². The van der Waals surface area contributed by atoms with E-state index in [0.717, 1.165) is 22.8 Å². The first-order valence-corrected chi connectivity index (χ1v) is 6.30. The predicted octanol–water partition coefficient (Wildman–Crippen LogP) is 3.62. The summed E-state index contributed by atoms with van der Waals surface area (Å²) in [6.07, 6.45) is 1.03. The fourth-order valence-corrected chi connectivity index (χ4v) is 2.36. The highest BCUT2D eigenvalue weighted by Gasteiger charge is 2.26. The number of hydrogen-bond acceptors (Lipinski definition) is 2. The third kappa shape index (κ3) is 3.62. The molecular weight excluding hydrogens is 234 g/mol. The molecule has 17 heavy (non-hydrogen) atoms.